The second-order valence-electron chi connectivity index (χ2n) is 12.5. The number of thiophene rings is 1. The molecule has 10 rings (SSSR count). The fourth-order valence-electron chi connectivity index (χ4n) is 7.23. The van der Waals surface area contributed by atoms with Crippen molar-refractivity contribution in [1.82, 2.24) is 9.97 Å². The summed E-state index contributed by atoms with van der Waals surface area (Å²) < 4.78 is 9.33. The van der Waals surface area contributed by atoms with E-state index in [1.165, 1.54) is 25.7 Å². The van der Waals surface area contributed by atoms with E-state index in [9.17, 15) is 0 Å². The second-order valence-corrected chi connectivity index (χ2v) is 13.5. The van der Waals surface area contributed by atoms with Crippen LogP contribution in [0.5, 0.6) is 0 Å². The van der Waals surface area contributed by atoms with E-state index in [1.807, 2.05) is 41.7 Å². The molecule has 0 aliphatic heterocycles. The summed E-state index contributed by atoms with van der Waals surface area (Å²) in [4.78, 5) is 10.5. The molecule has 3 aromatic heterocycles. The van der Waals surface area contributed by atoms with E-state index in [1.54, 1.807) is 0 Å². The van der Waals surface area contributed by atoms with E-state index >= 15 is 0 Å². The Morgan fingerprint density at radius 1 is 0.420 bits per heavy atom. The molecular formula is C46H28N2OS. The maximum atomic E-state index is 6.79. The van der Waals surface area contributed by atoms with Gasteiger partial charge in [0, 0.05) is 58.8 Å². The minimum Gasteiger partial charge on any atom is -0.455 e. The normalized spacial score (nSPS) is 11.6. The van der Waals surface area contributed by atoms with Crippen LogP contribution in [0.25, 0.3) is 98.3 Å². The first kappa shape index (κ1) is 28.6. The molecule has 0 atom stereocenters. The summed E-state index contributed by atoms with van der Waals surface area (Å²) >= 11 is 1.84. The molecule has 0 amide bonds. The van der Waals surface area contributed by atoms with Crippen molar-refractivity contribution in [1.29, 1.82) is 0 Å². The van der Waals surface area contributed by atoms with Crippen LogP contribution >= 0.6 is 11.3 Å². The lowest BCUT2D eigenvalue weighted by molar-refractivity contribution is 0.670. The van der Waals surface area contributed by atoms with E-state index in [0.717, 1.165) is 66.7 Å². The van der Waals surface area contributed by atoms with Gasteiger partial charge in [0.1, 0.15) is 11.2 Å². The smallest absolute Gasteiger partial charge is 0.160 e. The highest BCUT2D eigenvalue weighted by Gasteiger charge is 2.22. The molecule has 0 aliphatic carbocycles. The number of hydrogen-bond acceptors (Lipinski definition) is 4. The number of aromatic nitrogens is 2. The molecule has 0 spiro atoms. The lowest BCUT2D eigenvalue weighted by atomic mass is 9.94. The zero-order valence-corrected chi connectivity index (χ0v) is 27.7. The van der Waals surface area contributed by atoms with Gasteiger partial charge in [0.05, 0.1) is 11.4 Å². The molecule has 3 heterocycles. The Morgan fingerprint density at radius 3 is 1.84 bits per heavy atom. The molecular weight excluding hydrogens is 629 g/mol. The summed E-state index contributed by atoms with van der Waals surface area (Å²) in [6, 6.07) is 59.4. The van der Waals surface area contributed by atoms with Gasteiger partial charge in [-0.05, 0) is 35.4 Å². The highest BCUT2D eigenvalue weighted by atomic mass is 32.1. The molecule has 3 nitrogen and oxygen atoms in total. The van der Waals surface area contributed by atoms with Crippen LogP contribution in [0, 0.1) is 0 Å². The van der Waals surface area contributed by atoms with E-state index in [2.05, 4.69) is 140 Å². The maximum absolute atomic E-state index is 6.79. The number of nitrogens with zero attached hydrogens (tertiary/aromatic N) is 2. The third-order valence-electron chi connectivity index (χ3n) is 9.54. The molecule has 0 unspecified atom stereocenters. The van der Waals surface area contributed by atoms with Crippen LogP contribution in [0.1, 0.15) is 0 Å². The minimum absolute atomic E-state index is 0.682. The molecule has 4 heteroatoms. The van der Waals surface area contributed by atoms with Crippen molar-refractivity contribution >= 4 is 53.4 Å². The van der Waals surface area contributed by atoms with Gasteiger partial charge < -0.3 is 4.42 Å². The third kappa shape index (κ3) is 4.65. The van der Waals surface area contributed by atoms with Gasteiger partial charge >= 0.3 is 0 Å². The number of fused-ring (bicyclic) bond motifs is 6. The zero-order valence-electron chi connectivity index (χ0n) is 26.9. The predicted octanol–water partition coefficient (Wildman–Crippen LogP) is 13.1. The molecule has 0 radical (unpaired) electrons. The van der Waals surface area contributed by atoms with Crippen molar-refractivity contribution in [2.75, 3.05) is 0 Å². The van der Waals surface area contributed by atoms with Gasteiger partial charge in [-0.25, -0.2) is 9.97 Å². The zero-order chi connectivity index (χ0) is 33.0. The Kier molecular flexibility index (Phi) is 6.68. The molecule has 0 aliphatic rings. The Bertz CT molecular complexity index is 2870. The van der Waals surface area contributed by atoms with Crippen LogP contribution in [0.2, 0.25) is 0 Å². The summed E-state index contributed by atoms with van der Waals surface area (Å²) in [7, 11) is 0. The second kappa shape index (κ2) is 11.7. The molecule has 0 fully saturated rings. The summed E-state index contributed by atoms with van der Waals surface area (Å²) in [5.41, 5.74) is 11.0. The molecule has 0 saturated carbocycles. The fraction of sp³-hybridized carbons (Fsp3) is 0. The van der Waals surface area contributed by atoms with Crippen molar-refractivity contribution in [2.24, 2.45) is 0 Å². The summed E-state index contributed by atoms with van der Waals surface area (Å²) in [6.07, 6.45) is 0. The monoisotopic (exact) mass is 656 g/mol. The quantitative estimate of drug-likeness (QED) is 0.185. The molecule has 0 saturated heterocycles. The lowest BCUT2D eigenvalue weighted by Crippen LogP contribution is -1.97. The van der Waals surface area contributed by atoms with E-state index in [4.69, 9.17) is 14.4 Å². The highest BCUT2D eigenvalue weighted by Crippen LogP contribution is 2.46. The van der Waals surface area contributed by atoms with Gasteiger partial charge in [-0.15, -0.1) is 11.3 Å². The first-order valence-electron chi connectivity index (χ1n) is 16.7. The van der Waals surface area contributed by atoms with Gasteiger partial charge in [-0.1, -0.05) is 146 Å². The lowest BCUT2D eigenvalue weighted by Gasteiger charge is -2.14. The van der Waals surface area contributed by atoms with E-state index in [0.29, 0.717) is 5.82 Å². The fourth-order valence-corrected chi connectivity index (χ4v) is 8.46. The van der Waals surface area contributed by atoms with Crippen LogP contribution in [-0.2, 0) is 0 Å². The van der Waals surface area contributed by atoms with Crippen molar-refractivity contribution < 1.29 is 4.42 Å². The summed E-state index contributed by atoms with van der Waals surface area (Å²) in [6.45, 7) is 0. The standard InChI is InChI=1S/C46H28N2OS/c1-3-14-29(15-4-1)31-18-7-8-19-32(31)39-28-40(48-46(47-39)30-16-5-2-6-17-30)37-27-26-34(44-43(37)38-21-9-11-24-41(38)49-44)36-23-13-22-35-33-20-10-12-25-42(33)50-45(35)36/h1-28H. The Hall–Kier alpha value is -6.36. The third-order valence-corrected chi connectivity index (χ3v) is 10.8. The van der Waals surface area contributed by atoms with Crippen molar-refractivity contribution in [3.63, 3.8) is 0 Å². The number of rotatable bonds is 5. The van der Waals surface area contributed by atoms with E-state index < -0.39 is 0 Å². The summed E-state index contributed by atoms with van der Waals surface area (Å²) in [5, 5.41) is 4.66. The Balaban J connectivity index is 1.25. The van der Waals surface area contributed by atoms with E-state index in [-0.39, 0.29) is 0 Å². The average Bonchev–Trinajstić information content (AvgIpc) is 3.77. The largest absolute Gasteiger partial charge is 0.455 e. The minimum atomic E-state index is 0.682. The first-order chi connectivity index (χ1) is 24.8. The van der Waals surface area contributed by atoms with Gasteiger partial charge in [-0.2, -0.15) is 0 Å². The average molecular weight is 657 g/mol. The number of hydrogen-bond donors (Lipinski definition) is 0. The Morgan fingerprint density at radius 2 is 1.02 bits per heavy atom. The molecule has 7 aromatic carbocycles. The highest BCUT2D eigenvalue weighted by molar-refractivity contribution is 7.26. The predicted molar refractivity (Wildman–Crippen MR) is 209 cm³/mol. The van der Waals surface area contributed by atoms with Crippen LogP contribution in [0.15, 0.2) is 174 Å². The SMILES string of the molecule is c1ccc(-c2nc(-c3ccccc3-c3ccccc3)cc(-c3ccc(-c4cccc5c4sc4ccccc45)c4oc5ccccc5c34)n2)cc1. The van der Waals surface area contributed by atoms with Crippen molar-refractivity contribution in [2.45, 2.75) is 0 Å². The van der Waals surface area contributed by atoms with Crippen LogP contribution in [0.4, 0.5) is 0 Å². The maximum Gasteiger partial charge on any atom is 0.160 e. The molecule has 50 heavy (non-hydrogen) atoms. The van der Waals surface area contributed by atoms with Gasteiger partial charge in [0.25, 0.3) is 0 Å². The first-order valence-corrected chi connectivity index (χ1v) is 17.6. The van der Waals surface area contributed by atoms with Crippen LogP contribution < -0.4 is 0 Å². The Labute approximate surface area is 292 Å². The number of furan rings is 1. The molecule has 0 N–H and O–H groups in total. The summed E-state index contributed by atoms with van der Waals surface area (Å²) in [5.74, 6) is 0.682. The molecule has 0 bridgehead atoms. The number of benzene rings is 7. The van der Waals surface area contributed by atoms with Gasteiger partial charge in [0.2, 0.25) is 0 Å². The van der Waals surface area contributed by atoms with Gasteiger partial charge in [0.15, 0.2) is 5.82 Å². The van der Waals surface area contributed by atoms with Gasteiger partial charge in [-0.3, -0.25) is 0 Å². The number of para-hydroxylation sites is 1. The molecule has 234 valence electrons. The van der Waals surface area contributed by atoms with Crippen molar-refractivity contribution in [3.8, 4) is 56.2 Å². The topological polar surface area (TPSA) is 38.9 Å². The van der Waals surface area contributed by atoms with Crippen molar-refractivity contribution in [3.05, 3.63) is 170 Å². The van der Waals surface area contributed by atoms with Crippen LogP contribution in [-0.4, -0.2) is 9.97 Å². The molecule has 10 aromatic rings. The van der Waals surface area contributed by atoms with Crippen LogP contribution in [0.3, 0.4) is 0 Å².